The summed E-state index contributed by atoms with van der Waals surface area (Å²) in [6.45, 7) is 0.591. The lowest BCUT2D eigenvalue weighted by Crippen LogP contribution is -2.22. The second kappa shape index (κ2) is 5.96. The van der Waals surface area contributed by atoms with E-state index in [9.17, 15) is 0 Å². The number of hydrogen-bond acceptors (Lipinski definition) is 5. The van der Waals surface area contributed by atoms with Gasteiger partial charge in [0.15, 0.2) is 0 Å². The number of hydrogen-bond donors (Lipinski definition) is 1. The maximum Gasteiger partial charge on any atom is 0.146 e. The Kier molecular flexibility index (Phi) is 3.45. The van der Waals surface area contributed by atoms with Gasteiger partial charge in [-0.15, -0.1) is 0 Å². The number of para-hydroxylation sites is 1. The van der Waals surface area contributed by atoms with Crippen LogP contribution in [0.25, 0.3) is 43.5 Å². The minimum absolute atomic E-state index is 0.0862. The number of nitrogens with two attached hydrogens (primary N) is 1. The van der Waals surface area contributed by atoms with Gasteiger partial charge in [-0.1, -0.05) is 23.3 Å². The van der Waals surface area contributed by atoms with Gasteiger partial charge in [-0.05, 0) is 30.5 Å². The summed E-state index contributed by atoms with van der Waals surface area (Å²) in [7, 11) is 0. The third kappa shape index (κ3) is 2.38. The Bertz CT molecular complexity index is 1240. The average molecular weight is 356 g/mol. The van der Waals surface area contributed by atoms with Crippen molar-refractivity contribution in [2.45, 2.75) is 25.4 Å². The first kappa shape index (κ1) is 15.6. The molecule has 1 atom stereocenters. The Balaban J connectivity index is 1.80. The number of fused-ring (bicyclic) bond motifs is 4. The fourth-order valence-electron chi connectivity index (χ4n) is 3.99. The Labute approximate surface area is 154 Å². The van der Waals surface area contributed by atoms with Crippen LogP contribution in [0.5, 0.6) is 0 Å². The van der Waals surface area contributed by atoms with E-state index in [1.807, 2.05) is 30.5 Å². The molecule has 0 saturated carbocycles. The lowest BCUT2D eigenvalue weighted by molar-refractivity contribution is 0.467. The van der Waals surface area contributed by atoms with E-state index in [1.165, 1.54) is 6.33 Å². The number of aromatic nitrogens is 4. The highest BCUT2D eigenvalue weighted by molar-refractivity contribution is 6.03. The maximum atomic E-state index is 8.80. The van der Waals surface area contributed by atoms with E-state index in [1.54, 1.807) is 0 Å². The summed E-state index contributed by atoms with van der Waals surface area (Å²) in [6, 6.07) is 10.1. The van der Waals surface area contributed by atoms with Crippen LogP contribution < -0.4 is 5.73 Å². The van der Waals surface area contributed by atoms with Gasteiger partial charge in [-0.2, -0.15) is 0 Å². The Morgan fingerprint density at radius 1 is 1.22 bits per heavy atom. The highest BCUT2D eigenvalue weighted by Gasteiger charge is 2.27. The molecular formula is C19H16N8. The highest BCUT2D eigenvalue weighted by atomic mass is 15.2. The molecule has 1 aliphatic rings. The number of azide groups is 1. The lowest BCUT2D eigenvalue weighted by Gasteiger charge is -2.22. The largest absolute Gasteiger partial charge is 0.383 e. The fourth-order valence-corrected chi connectivity index (χ4v) is 3.99. The first-order valence-electron chi connectivity index (χ1n) is 8.77. The number of pyridine rings is 1. The molecule has 3 aromatic heterocycles. The van der Waals surface area contributed by atoms with Crippen molar-refractivity contribution in [3.05, 3.63) is 59.0 Å². The van der Waals surface area contributed by atoms with Crippen LogP contribution in [0.2, 0.25) is 0 Å². The molecule has 132 valence electrons. The van der Waals surface area contributed by atoms with Crippen molar-refractivity contribution in [3.63, 3.8) is 0 Å². The van der Waals surface area contributed by atoms with Crippen LogP contribution in [-0.2, 0) is 13.0 Å². The zero-order chi connectivity index (χ0) is 18.4. The van der Waals surface area contributed by atoms with E-state index >= 15 is 0 Å². The van der Waals surface area contributed by atoms with E-state index in [4.69, 9.17) is 11.3 Å². The van der Waals surface area contributed by atoms with Crippen LogP contribution in [0.3, 0.4) is 0 Å². The van der Waals surface area contributed by atoms with E-state index in [2.05, 4.69) is 35.6 Å². The summed E-state index contributed by atoms with van der Waals surface area (Å²) in [6.07, 6.45) is 4.93. The molecule has 8 heteroatoms. The van der Waals surface area contributed by atoms with Gasteiger partial charge in [0.1, 0.15) is 17.8 Å². The fraction of sp³-hybridized carbons (Fsp3) is 0.211. The molecule has 2 N–H and O–H groups in total. The molecule has 8 nitrogen and oxygen atoms in total. The average Bonchev–Trinajstić information content (AvgIpc) is 3.03. The number of anilines is 1. The first-order valence-corrected chi connectivity index (χ1v) is 8.77. The van der Waals surface area contributed by atoms with Crippen LogP contribution in [0.4, 0.5) is 5.82 Å². The molecule has 5 rings (SSSR count). The molecule has 1 aromatic carbocycles. The van der Waals surface area contributed by atoms with E-state index in [-0.39, 0.29) is 6.04 Å². The molecule has 0 spiro atoms. The summed E-state index contributed by atoms with van der Waals surface area (Å²) in [5.74, 6) is 0.449. The van der Waals surface area contributed by atoms with Gasteiger partial charge in [0.2, 0.25) is 0 Å². The highest BCUT2D eigenvalue weighted by Crippen LogP contribution is 2.40. The zero-order valence-electron chi connectivity index (χ0n) is 14.4. The van der Waals surface area contributed by atoms with Crippen molar-refractivity contribution in [3.8, 4) is 11.1 Å². The van der Waals surface area contributed by atoms with Crippen LogP contribution in [0.1, 0.15) is 12.1 Å². The minimum Gasteiger partial charge on any atom is -0.383 e. The van der Waals surface area contributed by atoms with E-state index in [0.29, 0.717) is 12.4 Å². The van der Waals surface area contributed by atoms with E-state index in [0.717, 1.165) is 51.6 Å². The molecule has 4 heterocycles. The molecular weight excluding hydrogens is 340 g/mol. The van der Waals surface area contributed by atoms with Gasteiger partial charge in [0.25, 0.3) is 0 Å². The topological polar surface area (TPSA) is 118 Å². The summed E-state index contributed by atoms with van der Waals surface area (Å²) in [5, 5.41) is 5.82. The van der Waals surface area contributed by atoms with Crippen LogP contribution in [0.15, 0.2) is 48.0 Å². The molecule has 0 amide bonds. The van der Waals surface area contributed by atoms with Gasteiger partial charge in [0, 0.05) is 39.9 Å². The van der Waals surface area contributed by atoms with Crippen molar-refractivity contribution in [1.29, 1.82) is 0 Å². The quantitative estimate of drug-likeness (QED) is 0.333. The second-order valence-electron chi connectivity index (χ2n) is 6.70. The smallest absolute Gasteiger partial charge is 0.146 e. The number of nitrogen functional groups attached to an aromatic ring is 1. The predicted octanol–water partition coefficient (Wildman–Crippen LogP) is 3.85. The summed E-state index contributed by atoms with van der Waals surface area (Å²) in [4.78, 5) is 16.3. The second-order valence-corrected chi connectivity index (χ2v) is 6.70. The van der Waals surface area contributed by atoms with Crippen molar-refractivity contribution in [1.82, 2.24) is 19.5 Å². The predicted molar refractivity (Wildman–Crippen MR) is 104 cm³/mol. The van der Waals surface area contributed by atoms with Gasteiger partial charge >= 0.3 is 0 Å². The van der Waals surface area contributed by atoms with Crippen LogP contribution >= 0.6 is 0 Å². The third-order valence-electron chi connectivity index (χ3n) is 5.18. The molecule has 0 fully saturated rings. The van der Waals surface area contributed by atoms with Crippen molar-refractivity contribution < 1.29 is 0 Å². The van der Waals surface area contributed by atoms with Crippen molar-refractivity contribution >= 4 is 27.8 Å². The molecule has 0 bridgehead atoms. The van der Waals surface area contributed by atoms with Gasteiger partial charge < -0.3 is 10.3 Å². The standard InChI is InChI=1S/C19H16N8/c20-18-17-16(12-7-11-3-1-2-4-14(11)22-8-12)15-6-5-13(25-26-21)9-27(15)19(17)24-10-23-18/h1-4,7-8,10,13H,5-6,9H2,(H2,20,23,24). The molecule has 1 aliphatic heterocycles. The molecule has 0 radical (unpaired) electrons. The van der Waals surface area contributed by atoms with Crippen LogP contribution in [-0.4, -0.2) is 25.6 Å². The Morgan fingerprint density at radius 3 is 3.00 bits per heavy atom. The van der Waals surface area contributed by atoms with Gasteiger partial charge in [-0.25, -0.2) is 9.97 Å². The lowest BCUT2D eigenvalue weighted by atomic mass is 9.97. The molecule has 27 heavy (non-hydrogen) atoms. The van der Waals surface area contributed by atoms with Gasteiger partial charge in [0.05, 0.1) is 16.9 Å². The summed E-state index contributed by atoms with van der Waals surface area (Å²) < 4.78 is 2.11. The normalized spacial score (nSPS) is 16.2. The summed E-state index contributed by atoms with van der Waals surface area (Å²) in [5.41, 5.74) is 19.9. The Morgan fingerprint density at radius 2 is 2.11 bits per heavy atom. The minimum atomic E-state index is -0.0862. The zero-order valence-corrected chi connectivity index (χ0v) is 14.4. The Hall–Kier alpha value is -3.64. The monoisotopic (exact) mass is 356 g/mol. The molecule has 0 saturated heterocycles. The van der Waals surface area contributed by atoms with Crippen molar-refractivity contribution in [2.24, 2.45) is 5.11 Å². The van der Waals surface area contributed by atoms with Gasteiger partial charge in [-0.3, -0.25) is 4.98 Å². The number of rotatable bonds is 2. The number of nitrogens with zero attached hydrogens (tertiary/aromatic N) is 7. The number of benzene rings is 1. The first-order chi connectivity index (χ1) is 13.3. The maximum absolute atomic E-state index is 8.80. The van der Waals surface area contributed by atoms with Crippen LogP contribution in [0, 0.1) is 0 Å². The summed E-state index contributed by atoms with van der Waals surface area (Å²) >= 11 is 0. The molecule has 4 aromatic rings. The molecule has 0 aliphatic carbocycles. The SMILES string of the molecule is [N-]=[N+]=NC1CCc2c(-c3cnc4ccccc4c3)c3c(N)ncnc3n2C1. The molecule has 1 unspecified atom stereocenters. The third-order valence-corrected chi connectivity index (χ3v) is 5.18. The van der Waals surface area contributed by atoms with E-state index < -0.39 is 0 Å². The van der Waals surface area contributed by atoms with Crippen molar-refractivity contribution in [2.75, 3.05) is 5.73 Å².